The summed E-state index contributed by atoms with van der Waals surface area (Å²) in [7, 11) is 0. The van der Waals surface area contributed by atoms with Gasteiger partial charge in [-0.1, -0.05) is 25.7 Å². The average Bonchev–Trinajstić information content (AvgIpc) is 2.63. The van der Waals surface area contributed by atoms with Crippen LogP contribution in [0, 0.1) is 5.41 Å². The van der Waals surface area contributed by atoms with Gasteiger partial charge in [0.15, 0.2) is 0 Å². The van der Waals surface area contributed by atoms with E-state index in [9.17, 15) is 14.7 Å². The van der Waals surface area contributed by atoms with Crippen LogP contribution in [0.3, 0.4) is 0 Å². The molecule has 1 fully saturated rings. The molecule has 0 spiro atoms. The fourth-order valence-electron chi connectivity index (χ4n) is 2.45. The Bertz CT molecular complexity index is 302. The molecule has 1 aliphatic rings. The number of nitrogens with one attached hydrogen (secondary N) is 2. The predicted octanol–water partition coefficient (Wildman–Crippen LogP) is 2.07. The van der Waals surface area contributed by atoms with Crippen molar-refractivity contribution >= 4 is 23.8 Å². The molecule has 0 aromatic heterocycles. The zero-order valence-corrected chi connectivity index (χ0v) is 12.4. The van der Waals surface area contributed by atoms with E-state index < -0.39 is 11.4 Å². The van der Waals surface area contributed by atoms with Crippen LogP contribution in [0.2, 0.25) is 0 Å². The van der Waals surface area contributed by atoms with Crippen LogP contribution in [0.5, 0.6) is 0 Å². The van der Waals surface area contributed by atoms with E-state index in [0.29, 0.717) is 19.4 Å². The number of aliphatic carboxylic acids is 1. The van der Waals surface area contributed by atoms with Crippen molar-refractivity contribution in [3.8, 4) is 0 Å². The van der Waals surface area contributed by atoms with Gasteiger partial charge < -0.3 is 15.7 Å². The number of carbonyl (C=O) groups excluding carboxylic acids is 1. The zero-order valence-electron chi connectivity index (χ0n) is 11.5. The minimum atomic E-state index is -0.779. The molecule has 0 heterocycles. The van der Waals surface area contributed by atoms with Crippen LogP contribution in [-0.2, 0) is 4.79 Å². The summed E-state index contributed by atoms with van der Waals surface area (Å²) in [5.74, 6) is 0.0797. The van der Waals surface area contributed by atoms with Crippen LogP contribution < -0.4 is 10.6 Å². The topological polar surface area (TPSA) is 78.4 Å². The number of carboxylic acids is 1. The summed E-state index contributed by atoms with van der Waals surface area (Å²) in [5.41, 5.74) is -0.770. The highest BCUT2D eigenvalue weighted by molar-refractivity contribution is 7.98. The van der Waals surface area contributed by atoms with E-state index in [2.05, 4.69) is 10.6 Å². The quantitative estimate of drug-likeness (QED) is 0.516. The Morgan fingerprint density at radius 1 is 1.16 bits per heavy atom. The van der Waals surface area contributed by atoms with E-state index in [1.807, 2.05) is 6.26 Å². The van der Waals surface area contributed by atoms with Crippen molar-refractivity contribution in [3.05, 3.63) is 0 Å². The Labute approximate surface area is 118 Å². The summed E-state index contributed by atoms with van der Waals surface area (Å²) in [5, 5.41) is 14.9. The average molecular weight is 288 g/mol. The van der Waals surface area contributed by atoms with Crippen molar-refractivity contribution in [2.45, 2.75) is 38.5 Å². The first-order chi connectivity index (χ1) is 9.10. The monoisotopic (exact) mass is 288 g/mol. The first-order valence-corrected chi connectivity index (χ1v) is 8.24. The summed E-state index contributed by atoms with van der Waals surface area (Å²) in [6.07, 6.45) is 7.35. The fourth-order valence-corrected chi connectivity index (χ4v) is 2.76. The molecule has 3 N–H and O–H groups in total. The molecule has 0 bridgehead atoms. The molecule has 5 nitrogen and oxygen atoms in total. The molecular formula is C13H24N2O3S. The number of carboxylic acid groups (broad SMARTS) is 1. The second kappa shape index (κ2) is 8.30. The molecule has 0 aromatic carbocycles. The third-order valence-corrected chi connectivity index (χ3v) is 4.31. The number of hydrogen-bond donors (Lipinski definition) is 3. The molecule has 0 radical (unpaired) electrons. The summed E-state index contributed by atoms with van der Waals surface area (Å²) < 4.78 is 0. The van der Waals surface area contributed by atoms with Crippen LogP contribution >= 0.6 is 11.8 Å². The Hall–Kier alpha value is -0.910. The Balaban J connectivity index is 2.45. The molecule has 0 saturated heterocycles. The fraction of sp³-hybridized carbons (Fsp3) is 0.846. The molecule has 1 saturated carbocycles. The molecule has 1 aliphatic carbocycles. The largest absolute Gasteiger partial charge is 0.481 e. The van der Waals surface area contributed by atoms with Gasteiger partial charge in [-0.25, -0.2) is 4.79 Å². The molecule has 2 amide bonds. The van der Waals surface area contributed by atoms with Crippen molar-refractivity contribution in [1.29, 1.82) is 0 Å². The van der Waals surface area contributed by atoms with Gasteiger partial charge in [0.1, 0.15) is 0 Å². The second-order valence-electron chi connectivity index (χ2n) is 5.10. The van der Waals surface area contributed by atoms with E-state index in [4.69, 9.17) is 0 Å². The van der Waals surface area contributed by atoms with Crippen molar-refractivity contribution in [2.24, 2.45) is 5.41 Å². The minimum absolute atomic E-state index is 0.230. The number of amides is 2. The Kier molecular flexibility index (Phi) is 7.05. The minimum Gasteiger partial charge on any atom is -0.481 e. The Morgan fingerprint density at radius 3 is 2.32 bits per heavy atom. The van der Waals surface area contributed by atoms with Crippen LogP contribution in [0.1, 0.15) is 38.5 Å². The van der Waals surface area contributed by atoms with Crippen LogP contribution in [0.4, 0.5) is 4.79 Å². The lowest BCUT2D eigenvalue weighted by molar-refractivity contribution is -0.149. The normalized spacial score (nSPS) is 18.4. The third-order valence-electron chi connectivity index (χ3n) is 3.69. The number of hydrogen-bond acceptors (Lipinski definition) is 3. The molecule has 6 heteroatoms. The van der Waals surface area contributed by atoms with E-state index in [1.54, 1.807) is 11.8 Å². The molecule has 0 aliphatic heterocycles. The molecule has 1 rings (SSSR count). The highest BCUT2D eigenvalue weighted by atomic mass is 32.2. The summed E-state index contributed by atoms with van der Waals surface area (Å²) >= 11 is 1.66. The van der Waals surface area contributed by atoms with Crippen LogP contribution in [-0.4, -0.2) is 42.2 Å². The maximum Gasteiger partial charge on any atom is 0.314 e. The van der Waals surface area contributed by atoms with Gasteiger partial charge in [0, 0.05) is 18.8 Å². The van der Waals surface area contributed by atoms with E-state index in [-0.39, 0.29) is 12.6 Å². The van der Waals surface area contributed by atoms with Crippen molar-refractivity contribution < 1.29 is 14.7 Å². The summed E-state index contributed by atoms with van der Waals surface area (Å²) in [6.45, 7) is 0.834. The predicted molar refractivity (Wildman–Crippen MR) is 77.6 cm³/mol. The van der Waals surface area contributed by atoms with Crippen molar-refractivity contribution in [2.75, 3.05) is 25.1 Å². The SMILES string of the molecule is CSCCNC(=O)NCC1(C(=O)O)CCCCCC1. The second-order valence-corrected chi connectivity index (χ2v) is 6.09. The third kappa shape index (κ3) is 5.30. The molecule has 19 heavy (non-hydrogen) atoms. The molecular weight excluding hydrogens is 264 g/mol. The first-order valence-electron chi connectivity index (χ1n) is 6.85. The van der Waals surface area contributed by atoms with Gasteiger partial charge in [-0.15, -0.1) is 0 Å². The smallest absolute Gasteiger partial charge is 0.314 e. The van der Waals surface area contributed by atoms with Gasteiger partial charge in [0.25, 0.3) is 0 Å². The summed E-state index contributed by atoms with van der Waals surface area (Å²) in [4.78, 5) is 23.1. The highest BCUT2D eigenvalue weighted by Crippen LogP contribution is 2.34. The van der Waals surface area contributed by atoms with E-state index >= 15 is 0 Å². The van der Waals surface area contributed by atoms with Gasteiger partial charge in [-0.3, -0.25) is 4.79 Å². The van der Waals surface area contributed by atoms with E-state index in [0.717, 1.165) is 31.4 Å². The number of carbonyl (C=O) groups is 2. The number of rotatable bonds is 6. The molecule has 0 atom stereocenters. The standard InChI is InChI=1S/C13H24N2O3S/c1-19-9-8-14-12(18)15-10-13(11(16)17)6-4-2-3-5-7-13/h2-10H2,1H3,(H,16,17)(H2,14,15,18). The first kappa shape index (κ1) is 16.1. The van der Waals surface area contributed by atoms with Crippen molar-refractivity contribution in [1.82, 2.24) is 10.6 Å². The molecule has 0 aromatic rings. The van der Waals surface area contributed by atoms with Crippen LogP contribution in [0.15, 0.2) is 0 Å². The van der Waals surface area contributed by atoms with Crippen molar-refractivity contribution in [3.63, 3.8) is 0 Å². The van der Waals surface area contributed by atoms with Gasteiger partial charge in [0.05, 0.1) is 5.41 Å². The Morgan fingerprint density at radius 2 is 1.79 bits per heavy atom. The van der Waals surface area contributed by atoms with E-state index in [1.165, 1.54) is 0 Å². The molecule has 0 unspecified atom stereocenters. The lowest BCUT2D eigenvalue weighted by atomic mass is 9.80. The maximum atomic E-state index is 11.6. The highest BCUT2D eigenvalue weighted by Gasteiger charge is 2.38. The lowest BCUT2D eigenvalue weighted by Gasteiger charge is -2.28. The van der Waals surface area contributed by atoms with Gasteiger partial charge >= 0.3 is 12.0 Å². The maximum absolute atomic E-state index is 11.6. The number of urea groups is 1. The number of thioether (sulfide) groups is 1. The lowest BCUT2D eigenvalue weighted by Crippen LogP contribution is -2.46. The van der Waals surface area contributed by atoms with Gasteiger partial charge in [0.2, 0.25) is 0 Å². The zero-order chi connectivity index (χ0) is 14.1. The molecule has 110 valence electrons. The van der Waals surface area contributed by atoms with Gasteiger partial charge in [-0.05, 0) is 19.1 Å². The van der Waals surface area contributed by atoms with Gasteiger partial charge in [-0.2, -0.15) is 11.8 Å². The van der Waals surface area contributed by atoms with Crippen LogP contribution in [0.25, 0.3) is 0 Å². The summed E-state index contributed by atoms with van der Waals surface area (Å²) in [6, 6.07) is -0.265.